The van der Waals surface area contributed by atoms with E-state index in [0.717, 1.165) is 11.6 Å². The van der Waals surface area contributed by atoms with Crippen LogP contribution in [0.2, 0.25) is 0 Å². The molecule has 0 heterocycles. The van der Waals surface area contributed by atoms with Crippen LogP contribution in [-0.4, -0.2) is 7.11 Å². The van der Waals surface area contributed by atoms with Crippen molar-refractivity contribution >= 4 is 0 Å². The zero-order valence-electron chi connectivity index (χ0n) is 11.1. The van der Waals surface area contributed by atoms with Gasteiger partial charge in [-0.1, -0.05) is 18.2 Å². The average Bonchev–Trinajstić information content (AvgIpc) is 2.48. The highest BCUT2D eigenvalue weighted by atomic mass is 19.2. The lowest BCUT2D eigenvalue weighted by molar-refractivity contribution is 0.413. The normalized spacial score (nSPS) is 12.2. The highest BCUT2D eigenvalue weighted by Crippen LogP contribution is 2.22. The van der Waals surface area contributed by atoms with E-state index < -0.39 is 11.6 Å². The number of benzene rings is 2. The van der Waals surface area contributed by atoms with Gasteiger partial charge in [-0.3, -0.25) is 11.3 Å². The molecule has 0 spiro atoms. The van der Waals surface area contributed by atoms with Crippen molar-refractivity contribution in [3.05, 3.63) is 65.2 Å². The summed E-state index contributed by atoms with van der Waals surface area (Å²) < 4.78 is 31.3. The molecular weight excluding hydrogens is 262 g/mol. The first-order chi connectivity index (χ1) is 9.63. The number of nitrogens with two attached hydrogens (primary N) is 1. The molecule has 0 fully saturated rings. The van der Waals surface area contributed by atoms with Gasteiger partial charge in [-0.2, -0.15) is 0 Å². The van der Waals surface area contributed by atoms with Crippen molar-refractivity contribution in [2.24, 2.45) is 5.84 Å². The molecule has 1 atom stereocenters. The predicted molar refractivity (Wildman–Crippen MR) is 73.1 cm³/mol. The van der Waals surface area contributed by atoms with E-state index >= 15 is 0 Å². The summed E-state index contributed by atoms with van der Waals surface area (Å²) in [5, 5.41) is 0. The zero-order chi connectivity index (χ0) is 14.5. The minimum atomic E-state index is -0.857. The van der Waals surface area contributed by atoms with E-state index in [2.05, 4.69) is 5.43 Å². The molecule has 3 N–H and O–H groups in total. The fraction of sp³-hybridized carbons (Fsp3) is 0.200. The fourth-order valence-corrected chi connectivity index (χ4v) is 2.03. The van der Waals surface area contributed by atoms with E-state index in [4.69, 9.17) is 10.6 Å². The standard InChI is InChI=1S/C15H16F2N2O/c1-20-12-4-2-3-11(9-12)15(19-18)8-10-5-6-13(16)14(17)7-10/h2-7,9,15,19H,8,18H2,1H3. The second-order valence-electron chi connectivity index (χ2n) is 4.45. The van der Waals surface area contributed by atoms with Crippen LogP contribution in [0, 0.1) is 11.6 Å². The summed E-state index contributed by atoms with van der Waals surface area (Å²) in [4.78, 5) is 0. The smallest absolute Gasteiger partial charge is 0.159 e. The molecule has 2 aromatic carbocycles. The molecule has 3 nitrogen and oxygen atoms in total. The van der Waals surface area contributed by atoms with Crippen LogP contribution in [0.4, 0.5) is 8.78 Å². The summed E-state index contributed by atoms with van der Waals surface area (Å²) in [6, 6.07) is 11.1. The third-order valence-corrected chi connectivity index (χ3v) is 3.12. The number of halogens is 2. The van der Waals surface area contributed by atoms with Crippen molar-refractivity contribution in [1.82, 2.24) is 5.43 Å². The van der Waals surface area contributed by atoms with Gasteiger partial charge < -0.3 is 4.74 Å². The van der Waals surface area contributed by atoms with Gasteiger partial charge in [0.2, 0.25) is 0 Å². The van der Waals surface area contributed by atoms with Crippen molar-refractivity contribution in [3.8, 4) is 5.75 Å². The maximum atomic E-state index is 13.2. The molecule has 1 unspecified atom stereocenters. The van der Waals surface area contributed by atoms with Crippen LogP contribution in [0.1, 0.15) is 17.2 Å². The van der Waals surface area contributed by atoms with Crippen molar-refractivity contribution in [1.29, 1.82) is 0 Å². The minimum absolute atomic E-state index is 0.213. The van der Waals surface area contributed by atoms with E-state index in [0.29, 0.717) is 17.7 Å². The third-order valence-electron chi connectivity index (χ3n) is 3.12. The number of nitrogens with one attached hydrogen (secondary N) is 1. The van der Waals surface area contributed by atoms with E-state index in [-0.39, 0.29) is 6.04 Å². The van der Waals surface area contributed by atoms with Gasteiger partial charge >= 0.3 is 0 Å². The molecule has 2 aromatic rings. The van der Waals surface area contributed by atoms with Crippen molar-refractivity contribution in [2.75, 3.05) is 7.11 Å². The van der Waals surface area contributed by atoms with Gasteiger partial charge in [-0.05, 0) is 41.8 Å². The van der Waals surface area contributed by atoms with Gasteiger partial charge in [0, 0.05) is 0 Å². The van der Waals surface area contributed by atoms with E-state index in [1.54, 1.807) is 13.2 Å². The van der Waals surface area contributed by atoms with Crippen LogP contribution in [-0.2, 0) is 6.42 Å². The summed E-state index contributed by atoms with van der Waals surface area (Å²) in [5.74, 6) is 4.56. The molecule has 0 saturated heterocycles. The molecular formula is C15H16F2N2O. The summed E-state index contributed by atoms with van der Waals surface area (Å²) in [5.41, 5.74) is 4.26. The molecule has 20 heavy (non-hydrogen) atoms. The first-order valence-electron chi connectivity index (χ1n) is 6.18. The molecule has 106 valence electrons. The van der Waals surface area contributed by atoms with Crippen LogP contribution >= 0.6 is 0 Å². The lowest BCUT2D eigenvalue weighted by Crippen LogP contribution is -2.29. The largest absolute Gasteiger partial charge is 0.497 e. The Morgan fingerprint density at radius 2 is 1.95 bits per heavy atom. The number of ether oxygens (including phenoxy) is 1. The predicted octanol–water partition coefficient (Wildman–Crippen LogP) is 2.72. The molecule has 0 saturated carbocycles. The Morgan fingerprint density at radius 3 is 2.60 bits per heavy atom. The summed E-state index contributed by atoms with van der Waals surface area (Å²) in [7, 11) is 1.58. The van der Waals surface area contributed by atoms with E-state index in [1.807, 2.05) is 24.3 Å². The number of hydrazine groups is 1. The second kappa shape index (κ2) is 6.45. The van der Waals surface area contributed by atoms with E-state index in [9.17, 15) is 8.78 Å². The fourth-order valence-electron chi connectivity index (χ4n) is 2.03. The molecule has 0 radical (unpaired) electrons. The van der Waals surface area contributed by atoms with Crippen molar-refractivity contribution in [3.63, 3.8) is 0 Å². The third kappa shape index (κ3) is 3.31. The Morgan fingerprint density at radius 1 is 1.15 bits per heavy atom. The Balaban J connectivity index is 2.21. The number of hydrogen-bond acceptors (Lipinski definition) is 3. The van der Waals surface area contributed by atoms with Crippen LogP contribution in [0.25, 0.3) is 0 Å². The Bertz CT molecular complexity index is 590. The van der Waals surface area contributed by atoms with Crippen molar-refractivity contribution in [2.45, 2.75) is 12.5 Å². The molecule has 0 aromatic heterocycles. The Kier molecular flexibility index (Phi) is 4.65. The number of rotatable bonds is 5. The molecule has 2 rings (SSSR count). The molecule has 0 bridgehead atoms. The minimum Gasteiger partial charge on any atom is -0.497 e. The summed E-state index contributed by atoms with van der Waals surface area (Å²) in [6.07, 6.45) is 0.445. The van der Waals surface area contributed by atoms with Gasteiger partial charge in [0.1, 0.15) is 5.75 Å². The summed E-state index contributed by atoms with van der Waals surface area (Å²) >= 11 is 0. The molecule has 0 aliphatic carbocycles. The first kappa shape index (κ1) is 14.4. The van der Waals surface area contributed by atoms with Gasteiger partial charge in [0.25, 0.3) is 0 Å². The van der Waals surface area contributed by atoms with E-state index in [1.165, 1.54) is 6.07 Å². The van der Waals surface area contributed by atoms with Gasteiger partial charge in [0.05, 0.1) is 13.2 Å². The monoisotopic (exact) mass is 278 g/mol. The maximum absolute atomic E-state index is 13.2. The van der Waals surface area contributed by atoms with Crippen LogP contribution in [0.3, 0.4) is 0 Å². The van der Waals surface area contributed by atoms with Crippen LogP contribution < -0.4 is 16.0 Å². The zero-order valence-corrected chi connectivity index (χ0v) is 11.1. The SMILES string of the molecule is COc1cccc(C(Cc2ccc(F)c(F)c2)NN)c1. The molecule has 0 amide bonds. The lowest BCUT2D eigenvalue weighted by atomic mass is 9.99. The van der Waals surface area contributed by atoms with Crippen LogP contribution in [0.15, 0.2) is 42.5 Å². The second-order valence-corrected chi connectivity index (χ2v) is 4.45. The highest BCUT2D eigenvalue weighted by molar-refractivity contribution is 5.32. The molecule has 5 heteroatoms. The van der Waals surface area contributed by atoms with Crippen LogP contribution in [0.5, 0.6) is 5.75 Å². The topological polar surface area (TPSA) is 47.3 Å². The highest BCUT2D eigenvalue weighted by Gasteiger charge is 2.13. The van der Waals surface area contributed by atoms with Gasteiger partial charge in [-0.15, -0.1) is 0 Å². The molecule has 0 aliphatic rings. The number of methoxy groups -OCH3 is 1. The van der Waals surface area contributed by atoms with Gasteiger partial charge in [0.15, 0.2) is 11.6 Å². The Labute approximate surface area is 116 Å². The maximum Gasteiger partial charge on any atom is 0.159 e. The average molecular weight is 278 g/mol. The number of hydrogen-bond donors (Lipinski definition) is 2. The van der Waals surface area contributed by atoms with Crippen molar-refractivity contribution < 1.29 is 13.5 Å². The first-order valence-corrected chi connectivity index (χ1v) is 6.18. The Hall–Kier alpha value is -1.98. The quantitative estimate of drug-likeness (QED) is 0.653. The lowest BCUT2D eigenvalue weighted by Gasteiger charge is -2.17. The molecule has 0 aliphatic heterocycles. The summed E-state index contributed by atoms with van der Waals surface area (Å²) in [6.45, 7) is 0. The van der Waals surface area contributed by atoms with Gasteiger partial charge in [-0.25, -0.2) is 8.78 Å².